The molecular weight excluding hydrogens is 360 g/mol. The molecule has 1 fully saturated rings. The fraction of sp³-hybridized carbons (Fsp3) is 0.450. The maximum absolute atomic E-state index is 12.5. The minimum atomic E-state index is -0.150. The van der Waals surface area contributed by atoms with Gasteiger partial charge in [0.1, 0.15) is 5.75 Å². The first-order chi connectivity index (χ1) is 13.6. The number of carbonyl (C=O) groups excluding carboxylic acids is 2. The van der Waals surface area contributed by atoms with Gasteiger partial charge in [-0.15, -0.1) is 0 Å². The van der Waals surface area contributed by atoms with E-state index in [2.05, 4.69) is 15.4 Å². The Balaban J connectivity index is 1.27. The molecule has 2 aliphatic rings. The highest BCUT2D eigenvalue weighted by Gasteiger charge is 2.27. The number of ether oxygens (including phenoxy) is 1. The molecule has 0 bridgehead atoms. The molecule has 1 saturated heterocycles. The first-order valence-electron chi connectivity index (χ1n) is 9.56. The highest BCUT2D eigenvalue weighted by atomic mass is 16.5. The second kappa shape index (κ2) is 8.02. The lowest BCUT2D eigenvalue weighted by molar-refractivity contribution is -0.123. The van der Waals surface area contributed by atoms with Crippen LogP contribution in [0.5, 0.6) is 5.75 Å². The van der Waals surface area contributed by atoms with Crippen LogP contribution in [0.25, 0.3) is 0 Å². The lowest BCUT2D eigenvalue weighted by Gasteiger charge is -2.34. The van der Waals surface area contributed by atoms with E-state index < -0.39 is 0 Å². The fourth-order valence-corrected chi connectivity index (χ4v) is 3.66. The van der Waals surface area contributed by atoms with E-state index in [9.17, 15) is 9.59 Å². The van der Waals surface area contributed by atoms with Gasteiger partial charge in [-0.3, -0.25) is 14.5 Å². The zero-order chi connectivity index (χ0) is 19.5. The van der Waals surface area contributed by atoms with Crippen molar-refractivity contribution in [2.75, 3.05) is 39.3 Å². The van der Waals surface area contributed by atoms with Gasteiger partial charge in [0.25, 0.3) is 5.91 Å². The molecule has 1 atom stereocenters. The van der Waals surface area contributed by atoms with E-state index in [0.717, 1.165) is 17.7 Å². The van der Waals surface area contributed by atoms with E-state index >= 15 is 0 Å². The molecule has 8 heteroatoms. The Morgan fingerprint density at radius 3 is 2.75 bits per heavy atom. The summed E-state index contributed by atoms with van der Waals surface area (Å²) in [5.41, 5.74) is 1.72. The predicted octanol–water partition coefficient (Wildman–Crippen LogP) is 1.38. The molecule has 0 spiro atoms. The summed E-state index contributed by atoms with van der Waals surface area (Å²) in [6, 6.07) is 9.45. The van der Waals surface area contributed by atoms with Crippen molar-refractivity contribution in [3.8, 4) is 5.75 Å². The van der Waals surface area contributed by atoms with Crippen molar-refractivity contribution in [2.45, 2.75) is 19.4 Å². The molecule has 0 saturated carbocycles. The van der Waals surface area contributed by atoms with Gasteiger partial charge in [0, 0.05) is 44.2 Å². The molecule has 1 aromatic heterocycles. The van der Waals surface area contributed by atoms with E-state index in [-0.39, 0.29) is 23.6 Å². The largest absolute Gasteiger partial charge is 0.493 e. The van der Waals surface area contributed by atoms with Crippen molar-refractivity contribution in [2.24, 2.45) is 0 Å². The number of nitrogens with zero attached hydrogens (tertiary/aromatic N) is 3. The van der Waals surface area contributed by atoms with Crippen molar-refractivity contribution in [3.05, 3.63) is 47.3 Å². The Morgan fingerprint density at radius 1 is 1.21 bits per heavy atom. The third kappa shape index (κ3) is 4.01. The molecule has 28 heavy (non-hydrogen) atoms. The van der Waals surface area contributed by atoms with Gasteiger partial charge in [0.2, 0.25) is 11.7 Å². The Labute approximate surface area is 163 Å². The summed E-state index contributed by atoms with van der Waals surface area (Å²) in [5, 5.41) is 6.88. The molecule has 2 aliphatic heterocycles. The van der Waals surface area contributed by atoms with Crippen LogP contribution < -0.4 is 10.1 Å². The first-order valence-corrected chi connectivity index (χ1v) is 9.56. The SMILES string of the molecule is Cc1cc(C(=O)N2CCN(CC(=O)NC3CCOc4ccccc43)CC2)on1. The van der Waals surface area contributed by atoms with Crippen LogP contribution in [-0.2, 0) is 4.79 Å². The van der Waals surface area contributed by atoms with E-state index in [0.29, 0.717) is 45.0 Å². The van der Waals surface area contributed by atoms with Gasteiger partial charge in [-0.05, 0) is 13.0 Å². The number of amides is 2. The monoisotopic (exact) mass is 384 g/mol. The van der Waals surface area contributed by atoms with Crippen LogP contribution in [0.4, 0.5) is 0 Å². The number of aromatic nitrogens is 1. The summed E-state index contributed by atoms with van der Waals surface area (Å²) in [7, 11) is 0. The second-order valence-corrected chi connectivity index (χ2v) is 7.20. The second-order valence-electron chi connectivity index (χ2n) is 7.20. The lowest BCUT2D eigenvalue weighted by atomic mass is 10.0. The number of nitrogens with one attached hydrogen (secondary N) is 1. The van der Waals surface area contributed by atoms with E-state index in [1.54, 1.807) is 17.9 Å². The molecule has 0 aliphatic carbocycles. The molecule has 1 N–H and O–H groups in total. The number of rotatable bonds is 4. The molecular formula is C20H24N4O4. The van der Waals surface area contributed by atoms with Crippen molar-refractivity contribution in [1.82, 2.24) is 20.3 Å². The molecule has 2 aromatic rings. The van der Waals surface area contributed by atoms with Crippen LogP contribution in [0.3, 0.4) is 0 Å². The number of hydrogen-bond acceptors (Lipinski definition) is 6. The van der Waals surface area contributed by atoms with Crippen molar-refractivity contribution in [3.63, 3.8) is 0 Å². The summed E-state index contributed by atoms with van der Waals surface area (Å²) in [6.07, 6.45) is 0.766. The summed E-state index contributed by atoms with van der Waals surface area (Å²) < 4.78 is 10.7. The number of aryl methyl sites for hydroxylation is 1. The van der Waals surface area contributed by atoms with Gasteiger partial charge in [0.15, 0.2) is 0 Å². The number of hydrogen-bond donors (Lipinski definition) is 1. The Bertz CT molecular complexity index is 857. The van der Waals surface area contributed by atoms with Crippen LogP contribution >= 0.6 is 0 Å². The van der Waals surface area contributed by atoms with Gasteiger partial charge in [0.05, 0.1) is 24.9 Å². The van der Waals surface area contributed by atoms with Gasteiger partial charge in [-0.2, -0.15) is 0 Å². The third-order valence-corrected chi connectivity index (χ3v) is 5.16. The Kier molecular flexibility index (Phi) is 5.29. The zero-order valence-corrected chi connectivity index (χ0v) is 15.9. The molecule has 3 heterocycles. The van der Waals surface area contributed by atoms with Crippen molar-refractivity contribution in [1.29, 1.82) is 0 Å². The maximum Gasteiger partial charge on any atom is 0.292 e. The summed E-state index contributed by atoms with van der Waals surface area (Å²) in [6.45, 7) is 5.13. The topological polar surface area (TPSA) is 87.9 Å². The van der Waals surface area contributed by atoms with Crippen molar-refractivity contribution < 1.29 is 18.8 Å². The smallest absolute Gasteiger partial charge is 0.292 e. The molecule has 1 aromatic carbocycles. The summed E-state index contributed by atoms with van der Waals surface area (Å²) in [4.78, 5) is 28.7. The average Bonchev–Trinajstić information content (AvgIpc) is 3.15. The van der Waals surface area contributed by atoms with E-state index in [4.69, 9.17) is 9.26 Å². The average molecular weight is 384 g/mol. The predicted molar refractivity (Wildman–Crippen MR) is 101 cm³/mol. The molecule has 8 nitrogen and oxygen atoms in total. The molecule has 2 amide bonds. The van der Waals surface area contributed by atoms with Crippen LogP contribution in [-0.4, -0.2) is 66.1 Å². The minimum absolute atomic E-state index is 0.00709. The standard InChI is InChI=1S/C20H24N4O4/c1-14-12-18(28-22-14)20(26)24-9-7-23(8-10-24)13-19(25)21-16-6-11-27-17-5-3-2-4-15(16)17/h2-5,12,16H,6-11,13H2,1H3,(H,21,25). The molecule has 148 valence electrons. The number of para-hydroxylation sites is 1. The van der Waals surface area contributed by atoms with E-state index in [1.165, 1.54) is 0 Å². The van der Waals surface area contributed by atoms with Crippen LogP contribution in [0, 0.1) is 6.92 Å². The molecule has 4 rings (SSSR count). The summed E-state index contributed by atoms with van der Waals surface area (Å²) >= 11 is 0. The quantitative estimate of drug-likeness (QED) is 0.857. The van der Waals surface area contributed by atoms with Crippen LogP contribution in [0.1, 0.15) is 34.3 Å². The normalized spacial score (nSPS) is 19.6. The first kappa shape index (κ1) is 18.5. The Hall–Kier alpha value is -2.87. The van der Waals surface area contributed by atoms with Gasteiger partial charge < -0.3 is 19.5 Å². The molecule has 0 radical (unpaired) electrons. The number of fused-ring (bicyclic) bond motifs is 1. The number of carbonyl (C=O) groups is 2. The van der Waals surface area contributed by atoms with Crippen LogP contribution in [0.2, 0.25) is 0 Å². The minimum Gasteiger partial charge on any atom is -0.493 e. The van der Waals surface area contributed by atoms with Gasteiger partial charge in [-0.25, -0.2) is 0 Å². The van der Waals surface area contributed by atoms with Gasteiger partial charge in [-0.1, -0.05) is 23.4 Å². The number of piperazine rings is 1. The third-order valence-electron chi connectivity index (χ3n) is 5.16. The van der Waals surface area contributed by atoms with E-state index in [1.807, 2.05) is 24.3 Å². The van der Waals surface area contributed by atoms with Crippen molar-refractivity contribution >= 4 is 11.8 Å². The van der Waals surface area contributed by atoms with Crippen LogP contribution in [0.15, 0.2) is 34.9 Å². The fourth-order valence-electron chi connectivity index (χ4n) is 3.66. The lowest BCUT2D eigenvalue weighted by Crippen LogP contribution is -2.51. The highest BCUT2D eigenvalue weighted by Crippen LogP contribution is 2.31. The Morgan fingerprint density at radius 2 is 2.00 bits per heavy atom. The molecule has 1 unspecified atom stereocenters. The number of benzene rings is 1. The summed E-state index contributed by atoms with van der Waals surface area (Å²) in [5.74, 6) is 0.951. The maximum atomic E-state index is 12.5. The zero-order valence-electron chi connectivity index (χ0n) is 15.9. The van der Waals surface area contributed by atoms with Gasteiger partial charge >= 0.3 is 0 Å². The highest BCUT2D eigenvalue weighted by molar-refractivity contribution is 5.91.